The summed E-state index contributed by atoms with van der Waals surface area (Å²) in [5, 5.41) is 0. The second kappa shape index (κ2) is 5.79. The number of halogens is 1. The van der Waals surface area contributed by atoms with Gasteiger partial charge in [0.05, 0.1) is 7.11 Å². The number of hydrogen-bond acceptors (Lipinski definition) is 6. The van der Waals surface area contributed by atoms with Gasteiger partial charge in [0.1, 0.15) is 10.6 Å². The minimum Gasteiger partial charge on any atom is -0.465 e. The molecule has 0 aliphatic heterocycles. The van der Waals surface area contributed by atoms with Gasteiger partial charge in [0, 0.05) is 26.4 Å². The molecule has 0 aromatic carbocycles. The van der Waals surface area contributed by atoms with Crippen LogP contribution in [0.5, 0.6) is 0 Å². The van der Waals surface area contributed by atoms with Gasteiger partial charge in [-0.15, -0.1) is 0 Å². The van der Waals surface area contributed by atoms with Crippen LogP contribution in [0.25, 0.3) is 0 Å². The predicted molar refractivity (Wildman–Crippen MR) is 65.6 cm³/mol. The van der Waals surface area contributed by atoms with Crippen molar-refractivity contribution in [3.05, 3.63) is 27.3 Å². The van der Waals surface area contributed by atoms with Gasteiger partial charge in [-0.1, -0.05) is 22.9 Å². The highest BCUT2D eigenvalue weighted by molar-refractivity contribution is 7.17. The number of aromatic nitrogens is 1. The number of hydrogen-bond donors (Lipinski definition) is 0. The molecule has 0 unspecified atom stereocenters. The third kappa shape index (κ3) is 3.54. The highest BCUT2D eigenvalue weighted by Crippen LogP contribution is 2.24. The molecule has 0 aliphatic rings. The van der Waals surface area contributed by atoms with E-state index in [0.717, 1.165) is 11.3 Å². The number of allylic oxidation sites excluding steroid dienone is 1. The lowest BCUT2D eigenvalue weighted by atomic mass is 10.2. The minimum atomic E-state index is -0.615. The first-order chi connectivity index (χ1) is 7.95. The molecule has 92 valence electrons. The van der Waals surface area contributed by atoms with Gasteiger partial charge >= 0.3 is 5.97 Å². The molecule has 5 nitrogen and oxygen atoms in total. The Balaban J connectivity index is 3.05. The fourth-order valence-corrected chi connectivity index (χ4v) is 2.02. The lowest BCUT2D eigenvalue weighted by Crippen LogP contribution is -2.08. The third-order valence-electron chi connectivity index (χ3n) is 1.73. The number of thiazole rings is 1. The molecule has 0 N–H and O–H groups in total. The van der Waals surface area contributed by atoms with Crippen LogP contribution in [0, 0.1) is 0 Å². The number of rotatable bonds is 4. The Kier molecular flexibility index (Phi) is 4.65. The highest BCUT2D eigenvalue weighted by atomic mass is 35.5. The maximum absolute atomic E-state index is 11.8. The number of esters is 1. The number of nitrogens with zero attached hydrogens (tertiary/aromatic N) is 2. The van der Waals surface area contributed by atoms with Crippen LogP contribution in [0.3, 0.4) is 0 Å². The molecule has 0 atom stereocenters. The molecular weight excluding hydrogens is 264 g/mol. The van der Waals surface area contributed by atoms with Gasteiger partial charge in [-0.3, -0.25) is 4.79 Å². The summed E-state index contributed by atoms with van der Waals surface area (Å²) in [5.74, 6) is -1.00. The molecule has 0 saturated carbocycles. The standard InChI is InChI=1S/C10H11ClN2O3S/c1-13(2)5-4-6(14)7-8(9(15)16-3)17-10(11)12-7/h4-5H,1-3H3. The lowest BCUT2D eigenvalue weighted by Gasteiger charge is -2.02. The van der Waals surface area contributed by atoms with Crippen LogP contribution in [0.1, 0.15) is 20.2 Å². The number of methoxy groups -OCH3 is 1. The number of ketones is 1. The molecule has 1 aromatic rings. The summed E-state index contributed by atoms with van der Waals surface area (Å²) in [7, 11) is 4.79. The molecule has 0 spiro atoms. The summed E-state index contributed by atoms with van der Waals surface area (Å²) in [4.78, 5) is 28.8. The monoisotopic (exact) mass is 274 g/mol. The summed E-state index contributed by atoms with van der Waals surface area (Å²) >= 11 is 6.61. The van der Waals surface area contributed by atoms with Crippen molar-refractivity contribution in [2.24, 2.45) is 0 Å². The molecule has 1 aromatic heterocycles. The quantitative estimate of drug-likeness (QED) is 0.476. The zero-order valence-electron chi connectivity index (χ0n) is 9.56. The van der Waals surface area contributed by atoms with E-state index in [0.29, 0.717) is 0 Å². The Morgan fingerprint density at radius 2 is 2.12 bits per heavy atom. The molecule has 1 rings (SSSR count). The van der Waals surface area contributed by atoms with Gasteiger partial charge in [0.2, 0.25) is 5.78 Å². The molecular formula is C10H11ClN2O3S. The van der Waals surface area contributed by atoms with Crippen molar-refractivity contribution in [1.82, 2.24) is 9.88 Å². The van der Waals surface area contributed by atoms with Crippen LogP contribution in [0.15, 0.2) is 12.3 Å². The number of ether oxygens (including phenoxy) is 1. The molecule has 0 amide bonds. The third-order valence-corrected chi connectivity index (χ3v) is 2.87. The predicted octanol–water partition coefficient (Wildman–Crippen LogP) is 1.84. The van der Waals surface area contributed by atoms with E-state index in [2.05, 4.69) is 9.72 Å². The van der Waals surface area contributed by atoms with E-state index < -0.39 is 5.97 Å². The van der Waals surface area contributed by atoms with Crippen molar-refractivity contribution in [3.63, 3.8) is 0 Å². The van der Waals surface area contributed by atoms with Gasteiger partial charge in [-0.05, 0) is 0 Å². The van der Waals surface area contributed by atoms with Gasteiger partial charge in [-0.25, -0.2) is 9.78 Å². The Bertz CT molecular complexity index is 468. The zero-order valence-corrected chi connectivity index (χ0v) is 11.1. The average Bonchev–Trinajstić information content (AvgIpc) is 2.67. The summed E-state index contributed by atoms with van der Waals surface area (Å²) in [5.41, 5.74) is 0.0185. The fraction of sp³-hybridized carbons (Fsp3) is 0.300. The summed E-state index contributed by atoms with van der Waals surface area (Å²) < 4.78 is 4.68. The van der Waals surface area contributed by atoms with Crippen molar-refractivity contribution in [1.29, 1.82) is 0 Å². The van der Waals surface area contributed by atoms with Crippen molar-refractivity contribution in [2.75, 3.05) is 21.2 Å². The maximum atomic E-state index is 11.8. The fourth-order valence-electron chi connectivity index (χ4n) is 0.988. The van der Waals surface area contributed by atoms with Crippen molar-refractivity contribution >= 4 is 34.7 Å². The summed E-state index contributed by atoms with van der Waals surface area (Å²) in [6, 6.07) is 0. The minimum absolute atomic E-state index is 0.0185. The Labute approximate surface area is 108 Å². The normalized spacial score (nSPS) is 10.6. The van der Waals surface area contributed by atoms with E-state index in [1.807, 2.05) is 0 Å². The van der Waals surface area contributed by atoms with Crippen molar-refractivity contribution < 1.29 is 14.3 Å². The van der Waals surface area contributed by atoms with Crippen LogP contribution in [0.4, 0.5) is 0 Å². The largest absolute Gasteiger partial charge is 0.465 e. The van der Waals surface area contributed by atoms with Crippen molar-refractivity contribution in [2.45, 2.75) is 0 Å². The molecule has 1 heterocycles. The zero-order chi connectivity index (χ0) is 13.0. The van der Waals surface area contributed by atoms with E-state index in [1.54, 1.807) is 25.2 Å². The number of carbonyl (C=O) groups excluding carboxylic acids is 2. The van der Waals surface area contributed by atoms with E-state index in [1.165, 1.54) is 13.2 Å². The Morgan fingerprint density at radius 1 is 1.47 bits per heavy atom. The van der Waals surface area contributed by atoms with Crippen LogP contribution < -0.4 is 0 Å². The molecule has 7 heteroatoms. The van der Waals surface area contributed by atoms with Crippen LogP contribution in [-0.2, 0) is 4.74 Å². The van der Waals surface area contributed by atoms with Crippen LogP contribution in [-0.4, -0.2) is 42.8 Å². The maximum Gasteiger partial charge on any atom is 0.350 e. The van der Waals surface area contributed by atoms with Crippen LogP contribution >= 0.6 is 22.9 Å². The van der Waals surface area contributed by atoms with Gasteiger partial charge in [0.25, 0.3) is 0 Å². The topological polar surface area (TPSA) is 59.5 Å². The summed E-state index contributed by atoms with van der Waals surface area (Å²) in [6.45, 7) is 0. The molecule has 0 radical (unpaired) electrons. The first kappa shape index (κ1) is 13.7. The first-order valence-electron chi connectivity index (χ1n) is 4.59. The Hall–Kier alpha value is -1.40. The lowest BCUT2D eigenvalue weighted by molar-refractivity contribution is 0.0603. The van der Waals surface area contributed by atoms with E-state index >= 15 is 0 Å². The smallest absolute Gasteiger partial charge is 0.350 e. The van der Waals surface area contributed by atoms with Gasteiger partial charge < -0.3 is 9.64 Å². The SMILES string of the molecule is COC(=O)c1sc(Cl)nc1C(=O)C=CN(C)C. The average molecular weight is 275 g/mol. The molecule has 0 aliphatic carbocycles. The Morgan fingerprint density at radius 3 is 2.65 bits per heavy atom. The number of carbonyl (C=O) groups is 2. The van der Waals surface area contributed by atoms with Gasteiger partial charge in [-0.2, -0.15) is 0 Å². The van der Waals surface area contributed by atoms with Crippen LogP contribution in [0.2, 0.25) is 4.47 Å². The summed E-state index contributed by atoms with van der Waals surface area (Å²) in [6.07, 6.45) is 2.88. The van der Waals surface area contributed by atoms with E-state index in [-0.39, 0.29) is 20.8 Å². The molecule has 17 heavy (non-hydrogen) atoms. The molecule has 0 bridgehead atoms. The molecule has 0 fully saturated rings. The molecule has 0 saturated heterocycles. The second-order valence-corrected chi connectivity index (χ2v) is 4.86. The highest BCUT2D eigenvalue weighted by Gasteiger charge is 2.22. The van der Waals surface area contributed by atoms with E-state index in [4.69, 9.17) is 11.6 Å². The van der Waals surface area contributed by atoms with Crippen molar-refractivity contribution in [3.8, 4) is 0 Å². The first-order valence-corrected chi connectivity index (χ1v) is 5.78. The van der Waals surface area contributed by atoms with Gasteiger partial charge in [0.15, 0.2) is 4.47 Å². The van der Waals surface area contributed by atoms with E-state index in [9.17, 15) is 9.59 Å². The second-order valence-electron chi connectivity index (χ2n) is 3.28.